The van der Waals surface area contributed by atoms with E-state index in [0.717, 1.165) is 6.21 Å². The van der Waals surface area contributed by atoms with Gasteiger partial charge in [-0.1, -0.05) is 28.9 Å². The first-order chi connectivity index (χ1) is 12.8. The van der Waals surface area contributed by atoms with Crippen molar-refractivity contribution < 1.29 is 27.2 Å². The van der Waals surface area contributed by atoms with Crippen molar-refractivity contribution in [3.05, 3.63) is 47.3 Å². The highest BCUT2D eigenvalue weighted by molar-refractivity contribution is 6.25. The summed E-state index contributed by atoms with van der Waals surface area (Å²) in [7, 11) is 0. The lowest BCUT2D eigenvalue weighted by Crippen LogP contribution is -2.34. The highest BCUT2D eigenvalue weighted by Gasteiger charge is 2.38. The molecule has 1 heterocycles. The van der Waals surface area contributed by atoms with Crippen molar-refractivity contribution >= 4 is 23.7 Å². The number of carbonyl (C=O) groups excluding carboxylic acids is 1. The first kappa shape index (κ1) is 20.6. The molecule has 0 fully saturated rings. The molecule has 0 saturated carbocycles. The molecule has 2 rings (SSSR count). The van der Waals surface area contributed by atoms with Crippen LogP contribution in [0.1, 0.15) is 16.2 Å². The van der Waals surface area contributed by atoms with Gasteiger partial charge in [-0.2, -0.15) is 18.2 Å². The first-order valence-corrected chi connectivity index (χ1v) is 7.95. The van der Waals surface area contributed by atoms with Crippen molar-refractivity contribution in [1.29, 1.82) is 5.41 Å². The zero-order valence-electron chi connectivity index (χ0n) is 13.7. The van der Waals surface area contributed by atoms with Crippen LogP contribution in [-0.2, 0) is 10.9 Å². The van der Waals surface area contributed by atoms with Gasteiger partial charge in [0, 0.05) is 29.4 Å². The van der Waals surface area contributed by atoms with Crippen LogP contribution >= 0.6 is 11.6 Å². The number of alkyl halides is 3. The van der Waals surface area contributed by atoms with Crippen LogP contribution in [0.25, 0.3) is 11.4 Å². The fraction of sp³-hybridized carbons (Fsp3) is 0.250. The second-order valence-electron chi connectivity index (χ2n) is 5.11. The van der Waals surface area contributed by atoms with Gasteiger partial charge in [0.15, 0.2) is 0 Å². The maximum atomic E-state index is 12.5. The Morgan fingerprint density at radius 1 is 1.37 bits per heavy atom. The Balaban J connectivity index is 1.97. The fourth-order valence-electron chi connectivity index (χ4n) is 1.90. The number of halogens is 4. The van der Waals surface area contributed by atoms with Gasteiger partial charge in [0.25, 0.3) is 5.91 Å². The van der Waals surface area contributed by atoms with Crippen LogP contribution in [0.2, 0.25) is 0 Å². The summed E-state index contributed by atoms with van der Waals surface area (Å²) in [5, 5.41) is 13.1. The van der Waals surface area contributed by atoms with Crippen LogP contribution < -0.4 is 5.32 Å². The monoisotopic (exact) mass is 402 g/mol. The molecule has 2 N–H and O–H groups in total. The minimum Gasteiger partial charge on any atom is -0.367 e. The lowest BCUT2D eigenvalue weighted by molar-refractivity contribution is -0.159. The van der Waals surface area contributed by atoms with Crippen molar-refractivity contribution in [1.82, 2.24) is 15.5 Å². The molecule has 144 valence electrons. The number of hydrogen-bond donors (Lipinski definition) is 2. The molecule has 1 aromatic carbocycles. The lowest BCUT2D eigenvalue weighted by Gasteiger charge is -2.13. The van der Waals surface area contributed by atoms with Gasteiger partial charge in [-0.15, -0.1) is 0 Å². The van der Waals surface area contributed by atoms with Gasteiger partial charge in [-0.25, -0.2) is 0 Å². The molecule has 0 aliphatic heterocycles. The van der Waals surface area contributed by atoms with Gasteiger partial charge < -0.3 is 20.0 Å². The number of aromatic nitrogens is 2. The molecule has 1 unspecified atom stereocenters. The molecule has 0 saturated heterocycles. The van der Waals surface area contributed by atoms with Crippen molar-refractivity contribution in [2.24, 2.45) is 0 Å². The van der Waals surface area contributed by atoms with Gasteiger partial charge in [0.1, 0.15) is 6.10 Å². The molecular formula is C16H14ClF3N4O3. The predicted octanol–water partition coefficient (Wildman–Crippen LogP) is 3.27. The lowest BCUT2D eigenvalue weighted by atomic mass is 10.1. The maximum absolute atomic E-state index is 12.5. The van der Waals surface area contributed by atoms with E-state index in [1.807, 2.05) is 0 Å². The Morgan fingerprint density at radius 2 is 2.07 bits per heavy atom. The van der Waals surface area contributed by atoms with E-state index in [2.05, 4.69) is 20.0 Å². The highest BCUT2D eigenvalue weighted by atomic mass is 35.5. The summed E-state index contributed by atoms with van der Waals surface area (Å²) < 4.78 is 46.9. The van der Waals surface area contributed by atoms with Crippen LogP contribution in [0.3, 0.4) is 0 Å². The summed E-state index contributed by atoms with van der Waals surface area (Å²) in [6.07, 6.45) is -2.76. The third-order valence-corrected chi connectivity index (χ3v) is 3.40. The van der Waals surface area contributed by atoms with Gasteiger partial charge in [-0.05, 0) is 18.2 Å². The third-order valence-electron chi connectivity index (χ3n) is 3.22. The number of carbonyl (C=O) groups is 1. The van der Waals surface area contributed by atoms with Gasteiger partial charge >= 0.3 is 12.1 Å². The first-order valence-electron chi connectivity index (χ1n) is 7.52. The normalized spacial score (nSPS) is 12.9. The minimum atomic E-state index is -4.72. The minimum absolute atomic E-state index is 0.0694. The van der Waals surface area contributed by atoms with Crippen molar-refractivity contribution in [2.45, 2.75) is 12.3 Å². The van der Waals surface area contributed by atoms with Gasteiger partial charge in [0.05, 0.1) is 6.61 Å². The van der Waals surface area contributed by atoms with Crippen molar-refractivity contribution in [3.8, 4) is 11.4 Å². The Kier molecular flexibility index (Phi) is 7.08. The quantitative estimate of drug-likeness (QED) is 0.660. The van der Waals surface area contributed by atoms with E-state index in [1.54, 1.807) is 6.08 Å². The highest BCUT2D eigenvalue weighted by Crippen LogP contribution is 2.29. The second kappa shape index (κ2) is 9.28. The number of hydrogen-bond acceptors (Lipinski definition) is 6. The van der Waals surface area contributed by atoms with Gasteiger partial charge in [-0.3, -0.25) is 4.79 Å². The van der Waals surface area contributed by atoms with Crippen LogP contribution in [-0.4, -0.2) is 41.5 Å². The molecule has 1 amide bonds. The molecule has 1 aromatic heterocycles. The maximum Gasteiger partial charge on any atom is 0.471 e. The van der Waals surface area contributed by atoms with E-state index in [-0.39, 0.29) is 30.1 Å². The number of nitrogens with zero attached hydrogens (tertiary/aromatic N) is 2. The number of rotatable bonds is 8. The Hall–Kier alpha value is -2.72. The molecule has 0 bridgehead atoms. The van der Waals surface area contributed by atoms with Crippen molar-refractivity contribution in [3.63, 3.8) is 0 Å². The molecule has 1 atom stereocenters. The second-order valence-corrected chi connectivity index (χ2v) is 5.36. The Labute approximate surface area is 156 Å². The number of ether oxygens (including phenoxy) is 1. The summed E-state index contributed by atoms with van der Waals surface area (Å²) in [5.41, 5.74) is 1.81. The molecule has 2 aromatic rings. The van der Waals surface area contributed by atoms with Crippen LogP contribution in [0.5, 0.6) is 0 Å². The number of benzene rings is 1. The Bertz CT molecular complexity index is 806. The largest absolute Gasteiger partial charge is 0.471 e. The summed E-state index contributed by atoms with van der Waals surface area (Å²) in [5.74, 6) is -2.12. The van der Waals surface area contributed by atoms with E-state index >= 15 is 0 Å². The predicted molar refractivity (Wildman–Crippen MR) is 90.6 cm³/mol. The SMILES string of the molecule is N=CC(CNC(=O)c1ccc(-c2noc(C(F)(F)F)n2)cc1)OC/C=C\Cl. The molecule has 0 aliphatic carbocycles. The zero-order chi connectivity index (χ0) is 19.9. The van der Waals surface area contributed by atoms with Crippen molar-refractivity contribution in [2.75, 3.05) is 13.2 Å². The zero-order valence-corrected chi connectivity index (χ0v) is 14.4. The molecule has 11 heteroatoms. The van der Waals surface area contributed by atoms with E-state index in [0.29, 0.717) is 0 Å². The molecular weight excluding hydrogens is 389 g/mol. The summed E-state index contributed by atoms with van der Waals surface area (Å²) in [6.45, 7) is 0.263. The van der Waals surface area contributed by atoms with E-state index in [4.69, 9.17) is 21.7 Å². The third kappa shape index (κ3) is 5.90. The molecule has 0 aliphatic rings. The van der Waals surface area contributed by atoms with Crippen LogP contribution in [0, 0.1) is 5.41 Å². The summed E-state index contributed by atoms with van der Waals surface area (Å²) in [4.78, 5) is 15.4. The van der Waals surface area contributed by atoms with E-state index < -0.39 is 24.1 Å². The smallest absolute Gasteiger partial charge is 0.367 e. The van der Waals surface area contributed by atoms with Crippen LogP contribution in [0.4, 0.5) is 13.2 Å². The molecule has 7 nitrogen and oxygen atoms in total. The summed E-state index contributed by atoms with van der Waals surface area (Å²) >= 11 is 5.36. The van der Waals surface area contributed by atoms with Gasteiger partial charge in [0.2, 0.25) is 5.82 Å². The molecule has 0 spiro atoms. The Morgan fingerprint density at radius 3 is 2.63 bits per heavy atom. The topological polar surface area (TPSA) is 101 Å². The molecule has 27 heavy (non-hydrogen) atoms. The van der Waals surface area contributed by atoms with E-state index in [1.165, 1.54) is 29.8 Å². The standard InChI is InChI=1S/C16H14ClF3N4O3/c17-6-1-7-26-12(8-21)9-22-14(25)11-4-2-10(3-5-11)13-23-15(27-24-13)16(18,19)20/h1-6,8,12,21H,7,9H2,(H,22,25)/b6-1-,21-8?. The van der Waals surface area contributed by atoms with E-state index in [9.17, 15) is 18.0 Å². The average molecular weight is 403 g/mol. The number of amides is 1. The molecule has 0 radical (unpaired) electrons. The number of nitrogens with one attached hydrogen (secondary N) is 2. The van der Waals surface area contributed by atoms with Crippen LogP contribution in [0.15, 0.2) is 40.4 Å². The summed E-state index contributed by atoms with van der Waals surface area (Å²) in [6, 6.07) is 5.61. The fourth-order valence-corrected chi connectivity index (χ4v) is 1.98. The average Bonchev–Trinajstić information content (AvgIpc) is 3.15.